The maximum absolute atomic E-state index is 11.8. The standard InChI is InChI=1S/C13H21NO4/c1-12(2,3)18-11(17)14-13(10(15)16)7-8-4-5-9(13)6-8/h8-9H,4-7H2,1-3H3,(H,14,17)(H,15,16)/t8-,9-,13-/m0/s1. The van der Waals surface area contributed by atoms with E-state index in [1.807, 2.05) is 0 Å². The van der Waals surface area contributed by atoms with Gasteiger partial charge in [-0.15, -0.1) is 0 Å². The molecule has 0 aliphatic heterocycles. The summed E-state index contributed by atoms with van der Waals surface area (Å²) in [5.74, 6) is -0.450. The molecule has 0 spiro atoms. The van der Waals surface area contributed by atoms with Crippen LogP contribution in [0.5, 0.6) is 0 Å². The summed E-state index contributed by atoms with van der Waals surface area (Å²) in [7, 11) is 0. The van der Waals surface area contributed by atoms with Gasteiger partial charge in [0.05, 0.1) is 0 Å². The molecule has 2 N–H and O–H groups in total. The summed E-state index contributed by atoms with van der Waals surface area (Å²) in [6.45, 7) is 5.29. The van der Waals surface area contributed by atoms with Crippen LogP contribution in [0.3, 0.4) is 0 Å². The van der Waals surface area contributed by atoms with E-state index >= 15 is 0 Å². The number of hydrogen-bond acceptors (Lipinski definition) is 3. The highest BCUT2D eigenvalue weighted by Crippen LogP contribution is 2.50. The van der Waals surface area contributed by atoms with Crippen LogP contribution in [0.1, 0.15) is 46.5 Å². The molecule has 2 saturated carbocycles. The normalized spacial score (nSPS) is 34.4. The second kappa shape index (κ2) is 4.14. The molecule has 2 rings (SSSR count). The molecule has 0 aromatic heterocycles. The van der Waals surface area contributed by atoms with Gasteiger partial charge >= 0.3 is 12.1 Å². The van der Waals surface area contributed by atoms with Crippen LogP contribution < -0.4 is 5.32 Å². The van der Waals surface area contributed by atoms with Gasteiger partial charge in [-0.05, 0) is 58.3 Å². The molecule has 0 heterocycles. The zero-order valence-electron chi connectivity index (χ0n) is 11.2. The molecule has 5 nitrogen and oxygen atoms in total. The van der Waals surface area contributed by atoms with Crippen LogP contribution in [-0.4, -0.2) is 28.3 Å². The lowest BCUT2D eigenvalue weighted by Crippen LogP contribution is -2.58. The first-order valence-corrected chi connectivity index (χ1v) is 6.47. The summed E-state index contributed by atoms with van der Waals surface area (Å²) in [4.78, 5) is 23.3. The first-order valence-electron chi connectivity index (χ1n) is 6.47. The van der Waals surface area contributed by atoms with E-state index in [9.17, 15) is 14.7 Å². The maximum atomic E-state index is 11.8. The van der Waals surface area contributed by atoms with Gasteiger partial charge in [0.2, 0.25) is 0 Å². The highest BCUT2D eigenvalue weighted by atomic mass is 16.6. The summed E-state index contributed by atoms with van der Waals surface area (Å²) in [6.07, 6.45) is 2.77. The van der Waals surface area contributed by atoms with Crippen LogP contribution in [0.15, 0.2) is 0 Å². The van der Waals surface area contributed by atoms with Gasteiger partial charge in [0, 0.05) is 0 Å². The van der Waals surface area contributed by atoms with Gasteiger partial charge in [0.1, 0.15) is 11.1 Å². The van der Waals surface area contributed by atoms with E-state index < -0.39 is 23.2 Å². The third kappa shape index (κ3) is 2.31. The predicted octanol–water partition coefficient (Wildman–Crippen LogP) is 2.15. The van der Waals surface area contributed by atoms with Crippen LogP contribution in [0.2, 0.25) is 0 Å². The minimum Gasteiger partial charge on any atom is -0.479 e. The van der Waals surface area contributed by atoms with Gasteiger partial charge in [-0.25, -0.2) is 9.59 Å². The van der Waals surface area contributed by atoms with Crippen molar-refractivity contribution in [2.24, 2.45) is 11.8 Å². The molecule has 2 fully saturated rings. The van der Waals surface area contributed by atoms with Crippen molar-refractivity contribution in [3.63, 3.8) is 0 Å². The Morgan fingerprint density at radius 2 is 2.00 bits per heavy atom. The molecule has 0 aromatic carbocycles. The van der Waals surface area contributed by atoms with Gasteiger partial charge in [-0.1, -0.05) is 0 Å². The van der Waals surface area contributed by atoms with Gasteiger partial charge in [0.25, 0.3) is 0 Å². The number of nitrogens with one attached hydrogen (secondary N) is 1. The van der Waals surface area contributed by atoms with Gasteiger partial charge < -0.3 is 15.2 Å². The first-order chi connectivity index (χ1) is 8.23. The number of ether oxygens (including phenoxy) is 1. The number of carbonyl (C=O) groups is 2. The first kappa shape index (κ1) is 13.2. The number of carbonyl (C=O) groups excluding carboxylic acids is 1. The summed E-state index contributed by atoms with van der Waals surface area (Å²) in [5.41, 5.74) is -1.72. The van der Waals surface area contributed by atoms with Crippen molar-refractivity contribution < 1.29 is 19.4 Å². The Hall–Kier alpha value is -1.26. The SMILES string of the molecule is CC(C)(C)OC(=O)N[C@@]1(C(=O)O)C[C@H]2CC[C@H]1C2. The Morgan fingerprint density at radius 1 is 1.33 bits per heavy atom. The van der Waals surface area contributed by atoms with Crippen LogP contribution in [0.4, 0.5) is 4.79 Å². The molecular formula is C13H21NO4. The number of carboxylic acids is 1. The molecule has 2 aliphatic carbocycles. The van der Waals surface area contributed by atoms with Crippen molar-refractivity contribution >= 4 is 12.1 Å². The number of fused-ring (bicyclic) bond motifs is 2. The number of carboxylic acid groups (broad SMARTS) is 1. The quantitative estimate of drug-likeness (QED) is 0.792. The summed E-state index contributed by atoms with van der Waals surface area (Å²) < 4.78 is 5.17. The highest BCUT2D eigenvalue weighted by Gasteiger charge is 2.57. The van der Waals surface area contributed by atoms with E-state index in [2.05, 4.69) is 5.32 Å². The van der Waals surface area contributed by atoms with E-state index in [0.29, 0.717) is 12.3 Å². The Bertz CT molecular complexity index is 374. The molecule has 2 bridgehead atoms. The number of rotatable bonds is 2. The average Bonchev–Trinajstić information content (AvgIpc) is 2.73. The third-order valence-electron chi connectivity index (χ3n) is 3.95. The molecule has 0 radical (unpaired) electrons. The van der Waals surface area contributed by atoms with Crippen molar-refractivity contribution in [1.29, 1.82) is 0 Å². The topological polar surface area (TPSA) is 75.6 Å². The summed E-state index contributed by atoms with van der Waals surface area (Å²) in [5, 5.41) is 12.1. The monoisotopic (exact) mass is 255 g/mol. The molecule has 2 aliphatic rings. The minimum atomic E-state index is -1.11. The van der Waals surface area contributed by atoms with Crippen LogP contribution >= 0.6 is 0 Å². The van der Waals surface area contributed by atoms with E-state index in [0.717, 1.165) is 19.3 Å². The summed E-state index contributed by atoms with van der Waals surface area (Å²) >= 11 is 0. The fourth-order valence-corrected chi connectivity index (χ4v) is 3.28. The molecule has 5 heteroatoms. The second-order valence-electron chi connectivity index (χ2n) is 6.48. The lowest BCUT2D eigenvalue weighted by molar-refractivity contribution is -0.147. The van der Waals surface area contributed by atoms with Crippen LogP contribution in [-0.2, 0) is 9.53 Å². The smallest absolute Gasteiger partial charge is 0.408 e. The van der Waals surface area contributed by atoms with E-state index in [-0.39, 0.29) is 5.92 Å². The average molecular weight is 255 g/mol. The van der Waals surface area contributed by atoms with Crippen LogP contribution in [0.25, 0.3) is 0 Å². The van der Waals surface area contributed by atoms with Gasteiger partial charge in [-0.2, -0.15) is 0 Å². The molecule has 18 heavy (non-hydrogen) atoms. The van der Waals surface area contributed by atoms with Gasteiger partial charge in [0.15, 0.2) is 0 Å². The largest absolute Gasteiger partial charge is 0.479 e. The van der Waals surface area contributed by atoms with Crippen molar-refractivity contribution in [1.82, 2.24) is 5.32 Å². The van der Waals surface area contributed by atoms with Crippen molar-refractivity contribution in [2.45, 2.75) is 57.6 Å². The fraction of sp³-hybridized carbons (Fsp3) is 0.846. The van der Waals surface area contributed by atoms with E-state index in [4.69, 9.17) is 4.74 Å². The van der Waals surface area contributed by atoms with Gasteiger partial charge in [-0.3, -0.25) is 0 Å². The lowest BCUT2D eigenvalue weighted by Gasteiger charge is -2.35. The maximum Gasteiger partial charge on any atom is 0.408 e. The molecular weight excluding hydrogens is 234 g/mol. The molecule has 0 unspecified atom stereocenters. The molecule has 0 saturated heterocycles. The zero-order chi connectivity index (χ0) is 13.6. The zero-order valence-corrected chi connectivity index (χ0v) is 11.2. The molecule has 3 atom stereocenters. The number of hydrogen-bond donors (Lipinski definition) is 2. The van der Waals surface area contributed by atoms with E-state index in [1.54, 1.807) is 20.8 Å². The predicted molar refractivity (Wildman–Crippen MR) is 65.2 cm³/mol. The van der Waals surface area contributed by atoms with E-state index in [1.165, 1.54) is 0 Å². The Morgan fingerprint density at radius 3 is 2.39 bits per heavy atom. The van der Waals surface area contributed by atoms with Crippen molar-refractivity contribution in [2.75, 3.05) is 0 Å². The highest BCUT2D eigenvalue weighted by molar-refractivity contribution is 5.85. The number of amides is 1. The lowest BCUT2D eigenvalue weighted by atomic mass is 9.81. The number of alkyl carbamates (subject to hydrolysis) is 1. The minimum absolute atomic E-state index is 0.0486. The van der Waals surface area contributed by atoms with Crippen molar-refractivity contribution in [3.05, 3.63) is 0 Å². The number of aliphatic carboxylic acids is 1. The summed E-state index contributed by atoms with van der Waals surface area (Å²) in [6, 6.07) is 0. The Labute approximate surface area is 107 Å². The fourth-order valence-electron chi connectivity index (χ4n) is 3.28. The molecule has 102 valence electrons. The van der Waals surface area contributed by atoms with Crippen LogP contribution in [0, 0.1) is 11.8 Å². The second-order valence-corrected chi connectivity index (χ2v) is 6.48. The Kier molecular flexibility index (Phi) is 3.03. The third-order valence-corrected chi connectivity index (χ3v) is 3.95. The van der Waals surface area contributed by atoms with Crippen molar-refractivity contribution in [3.8, 4) is 0 Å². The molecule has 0 aromatic rings. The molecule has 1 amide bonds. The Balaban J connectivity index is 2.09.